The van der Waals surface area contributed by atoms with Gasteiger partial charge < -0.3 is 14.5 Å². The number of hydrogen-bond acceptors (Lipinski definition) is 5. The molecular formula is C27H27N3O3. The van der Waals surface area contributed by atoms with E-state index in [1.807, 2.05) is 36.4 Å². The maximum atomic E-state index is 12.2. The van der Waals surface area contributed by atoms with Crippen LogP contribution in [0.15, 0.2) is 60.7 Å². The van der Waals surface area contributed by atoms with Crippen molar-refractivity contribution in [3.63, 3.8) is 0 Å². The highest BCUT2D eigenvalue weighted by Gasteiger charge is 2.26. The highest BCUT2D eigenvalue weighted by Crippen LogP contribution is 2.32. The molecule has 0 saturated heterocycles. The number of benzene rings is 3. The molecule has 6 nitrogen and oxygen atoms in total. The van der Waals surface area contributed by atoms with Crippen LogP contribution in [0.3, 0.4) is 0 Å². The van der Waals surface area contributed by atoms with Gasteiger partial charge in [-0.15, -0.1) is 0 Å². The van der Waals surface area contributed by atoms with Gasteiger partial charge >= 0.3 is 5.97 Å². The summed E-state index contributed by atoms with van der Waals surface area (Å²) < 4.78 is 10.4. The SMILES string of the molecule is COC(=O)c1cc2c(cc1OC)CN(Cc1cccc(-c3nc4ccccc4[nH]3)c1)C(C)C2. The van der Waals surface area contributed by atoms with E-state index in [9.17, 15) is 4.79 Å². The van der Waals surface area contributed by atoms with Gasteiger partial charge in [-0.3, -0.25) is 4.90 Å². The lowest BCUT2D eigenvalue weighted by Gasteiger charge is -2.35. The summed E-state index contributed by atoms with van der Waals surface area (Å²) in [5.74, 6) is 1.07. The summed E-state index contributed by atoms with van der Waals surface area (Å²) >= 11 is 0. The molecule has 33 heavy (non-hydrogen) atoms. The van der Waals surface area contributed by atoms with Crippen molar-refractivity contribution < 1.29 is 14.3 Å². The van der Waals surface area contributed by atoms with Crippen LogP contribution in [0, 0.1) is 0 Å². The lowest BCUT2D eigenvalue weighted by molar-refractivity contribution is 0.0596. The number of ether oxygens (including phenoxy) is 2. The number of aromatic amines is 1. The van der Waals surface area contributed by atoms with Gasteiger partial charge in [0.25, 0.3) is 0 Å². The Hall–Kier alpha value is -3.64. The molecule has 1 unspecified atom stereocenters. The minimum absolute atomic E-state index is 0.339. The molecule has 2 heterocycles. The Morgan fingerprint density at radius 3 is 2.73 bits per heavy atom. The fourth-order valence-electron chi connectivity index (χ4n) is 4.62. The second kappa shape index (κ2) is 8.71. The van der Waals surface area contributed by atoms with Crippen molar-refractivity contribution in [1.82, 2.24) is 14.9 Å². The number of hydrogen-bond donors (Lipinski definition) is 1. The van der Waals surface area contributed by atoms with Crippen LogP contribution < -0.4 is 4.74 Å². The lowest BCUT2D eigenvalue weighted by Crippen LogP contribution is -2.38. The zero-order valence-electron chi connectivity index (χ0n) is 19.1. The van der Waals surface area contributed by atoms with Crippen LogP contribution in [0.5, 0.6) is 5.75 Å². The third-order valence-electron chi connectivity index (χ3n) is 6.41. The number of aromatic nitrogens is 2. The summed E-state index contributed by atoms with van der Waals surface area (Å²) in [7, 11) is 2.98. The first-order chi connectivity index (χ1) is 16.1. The van der Waals surface area contributed by atoms with Crippen molar-refractivity contribution in [3.05, 3.63) is 82.9 Å². The van der Waals surface area contributed by atoms with Gasteiger partial charge in [0.15, 0.2) is 0 Å². The number of carbonyl (C=O) groups excluding carboxylic acids is 1. The zero-order chi connectivity index (χ0) is 22.9. The normalized spacial score (nSPS) is 15.9. The Balaban J connectivity index is 1.39. The molecule has 6 heteroatoms. The first-order valence-corrected chi connectivity index (χ1v) is 11.1. The Bertz CT molecular complexity index is 1290. The third kappa shape index (κ3) is 4.10. The van der Waals surface area contributed by atoms with Crippen molar-refractivity contribution in [1.29, 1.82) is 0 Å². The van der Waals surface area contributed by atoms with Crippen molar-refractivity contribution in [2.24, 2.45) is 0 Å². The lowest BCUT2D eigenvalue weighted by atomic mass is 9.92. The van der Waals surface area contributed by atoms with Crippen LogP contribution in [-0.2, 0) is 24.2 Å². The summed E-state index contributed by atoms with van der Waals surface area (Å²) in [5.41, 5.74) is 7.18. The van der Waals surface area contributed by atoms with Gasteiger partial charge in [-0.2, -0.15) is 0 Å². The van der Waals surface area contributed by atoms with E-state index in [1.54, 1.807) is 7.11 Å². The van der Waals surface area contributed by atoms with Crippen molar-refractivity contribution in [2.45, 2.75) is 32.5 Å². The smallest absolute Gasteiger partial charge is 0.341 e. The molecule has 0 saturated carbocycles. The van der Waals surface area contributed by atoms with Crippen molar-refractivity contribution in [2.75, 3.05) is 14.2 Å². The Morgan fingerprint density at radius 1 is 1.09 bits per heavy atom. The molecule has 1 aliphatic rings. The first-order valence-electron chi connectivity index (χ1n) is 11.1. The van der Waals surface area contributed by atoms with Crippen LogP contribution in [0.4, 0.5) is 0 Å². The second-order valence-corrected chi connectivity index (χ2v) is 8.57. The second-order valence-electron chi connectivity index (χ2n) is 8.57. The molecule has 0 fully saturated rings. The van der Waals surface area contributed by atoms with Crippen molar-refractivity contribution in [3.8, 4) is 17.1 Å². The number of esters is 1. The monoisotopic (exact) mass is 441 g/mol. The Morgan fingerprint density at radius 2 is 1.94 bits per heavy atom. The summed E-state index contributed by atoms with van der Waals surface area (Å²) in [6.07, 6.45) is 0.868. The molecule has 4 aromatic rings. The average molecular weight is 442 g/mol. The highest BCUT2D eigenvalue weighted by atomic mass is 16.5. The number of fused-ring (bicyclic) bond motifs is 2. The number of carbonyl (C=O) groups is 1. The maximum absolute atomic E-state index is 12.2. The van der Waals surface area contributed by atoms with Gasteiger partial charge in [-0.1, -0.05) is 30.3 Å². The van der Waals surface area contributed by atoms with Gasteiger partial charge in [0.05, 0.1) is 25.3 Å². The number of imidazole rings is 1. The van der Waals surface area contributed by atoms with Gasteiger partial charge in [-0.25, -0.2) is 9.78 Å². The number of methoxy groups -OCH3 is 2. The van der Waals surface area contributed by atoms with E-state index in [4.69, 9.17) is 14.5 Å². The van der Waals surface area contributed by atoms with Gasteiger partial charge in [0.2, 0.25) is 0 Å². The van der Waals surface area contributed by atoms with Crippen molar-refractivity contribution >= 4 is 17.0 Å². The zero-order valence-corrected chi connectivity index (χ0v) is 19.1. The number of nitrogens with one attached hydrogen (secondary N) is 1. The van der Waals surface area contributed by atoms with E-state index in [0.717, 1.165) is 41.9 Å². The first kappa shape index (κ1) is 21.2. The molecule has 0 spiro atoms. The minimum Gasteiger partial charge on any atom is -0.496 e. The average Bonchev–Trinajstić information content (AvgIpc) is 3.28. The fourth-order valence-corrected chi connectivity index (χ4v) is 4.62. The molecule has 3 aromatic carbocycles. The molecular weight excluding hydrogens is 414 g/mol. The van der Waals surface area contributed by atoms with E-state index in [0.29, 0.717) is 17.4 Å². The van der Waals surface area contributed by atoms with E-state index in [-0.39, 0.29) is 5.97 Å². The van der Waals surface area contributed by atoms with E-state index in [1.165, 1.54) is 23.8 Å². The van der Waals surface area contributed by atoms with Crippen LogP contribution >= 0.6 is 0 Å². The summed E-state index contributed by atoms with van der Waals surface area (Å²) in [6, 6.07) is 20.9. The van der Waals surface area contributed by atoms with Crippen LogP contribution in [0.1, 0.15) is 34.0 Å². The predicted molar refractivity (Wildman–Crippen MR) is 128 cm³/mol. The molecule has 1 aliphatic heterocycles. The number of para-hydroxylation sites is 2. The molecule has 168 valence electrons. The fraction of sp³-hybridized carbons (Fsp3) is 0.259. The van der Waals surface area contributed by atoms with E-state index in [2.05, 4.69) is 41.1 Å². The molecule has 1 N–H and O–H groups in total. The molecule has 0 bridgehead atoms. The van der Waals surface area contributed by atoms with E-state index >= 15 is 0 Å². The summed E-state index contributed by atoms with van der Waals surface area (Å²) in [5, 5.41) is 0. The Labute approximate surface area is 193 Å². The number of rotatable bonds is 5. The summed E-state index contributed by atoms with van der Waals surface area (Å²) in [4.78, 5) is 22.8. The van der Waals surface area contributed by atoms with Gasteiger partial charge in [0, 0.05) is 24.7 Å². The topological polar surface area (TPSA) is 67.5 Å². The third-order valence-corrected chi connectivity index (χ3v) is 6.41. The maximum Gasteiger partial charge on any atom is 0.341 e. The Kier molecular flexibility index (Phi) is 5.60. The molecule has 1 atom stereocenters. The standard InChI is InChI=1S/C27H27N3O3/c1-17-11-20-13-22(27(31)33-3)25(32-2)14-21(20)16-30(17)15-18-7-6-8-19(12-18)26-28-23-9-4-5-10-24(23)29-26/h4-10,12-14,17H,11,15-16H2,1-3H3,(H,28,29). The summed E-state index contributed by atoms with van der Waals surface area (Å²) in [6.45, 7) is 3.85. The molecule has 0 amide bonds. The van der Waals surface area contributed by atoms with Gasteiger partial charge in [-0.05, 0) is 60.4 Å². The quantitative estimate of drug-likeness (QED) is 0.443. The molecule has 5 rings (SSSR count). The number of H-pyrrole nitrogens is 1. The minimum atomic E-state index is -0.368. The highest BCUT2D eigenvalue weighted by molar-refractivity contribution is 5.93. The van der Waals surface area contributed by atoms with Crippen LogP contribution in [-0.4, -0.2) is 41.1 Å². The largest absolute Gasteiger partial charge is 0.496 e. The molecule has 0 radical (unpaired) electrons. The predicted octanol–water partition coefficient (Wildman–Crippen LogP) is 4.97. The molecule has 0 aliphatic carbocycles. The molecule has 1 aromatic heterocycles. The number of nitrogens with zero attached hydrogens (tertiary/aromatic N) is 2. The van der Waals surface area contributed by atoms with E-state index < -0.39 is 0 Å². The van der Waals surface area contributed by atoms with Crippen LogP contribution in [0.2, 0.25) is 0 Å². The van der Waals surface area contributed by atoms with Crippen LogP contribution in [0.25, 0.3) is 22.4 Å². The van der Waals surface area contributed by atoms with Gasteiger partial charge in [0.1, 0.15) is 17.1 Å².